The highest BCUT2D eigenvalue weighted by molar-refractivity contribution is 7.89. The molecule has 2 unspecified atom stereocenters. The average molecular weight is 437 g/mol. The number of nitrogens with zero attached hydrogens (tertiary/aromatic N) is 1. The molecule has 1 N–H and O–H groups in total. The standard InChI is InChI=1S/C21H25ClN2O4S/c1-13-6-5-7-19(16(13)4)23-21(25)17-8-9-18(22)20(10-17)29(26,27)24-11-14(2)28-15(3)12-24/h5-10,14-15H,11-12H2,1-4H3,(H,23,25). The van der Waals surface area contributed by atoms with Gasteiger partial charge in [-0.05, 0) is 63.1 Å². The van der Waals surface area contributed by atoms with Crippen LogP contribution in [0, 0.1) is 13.8 Å². The maximum absolute atomic E-state index is 13.2. The summed E-state index contributed by atoms with van der Waals surface area (Å²) in [4.78, 5) is 12.7. The number of morpholine rings is 1. The van der Waals surface area contributed by atoms with E-state index in [2.05, 4.69) is 5.32 Å². The average Bonchev–Trinajstić information content (AvgIpc) is 2.64. The molecular weight excluding hydrogens is 412 g/mol. The first kappa shape index (κ1) is 21.8. The van der Waals surface area contributed by atoms with Crippen LogP contribution in [0.1, 0.15) is 35.3 Å². The topological polar surface area (TPSA) is 75.7 Å². The van der Waals surface area contributed by atoms with Crippen LogP contribution in [0.4, 0.5) is 5.69 Å². The zero-order valence-electron chi connectivity index (χ0n) is 16.9. The zero-order chi connectivity index (χ0) is 21.3. The van der Waals surface area contributed by atoms with Gasteiger partial charge in [-0.2, -0.15) is 4.31 Å². The second kappa shape index (κ2) is 8.44. The summed E-state index contributed by atoms with van der Waals surface area (Å²) >= 11 is 6.21. The van der Waals surface area contributed by atoms with Crippen molar-refractivity contribution < 1.29 is 17.9 Å². The van der Waals surface area contributed by atoms with Gasteiger partial charge in [-0.3, -0.25) is 4.79 Å². The molecule has 1 fully saturated rings. The molecule has 0 spiro atoms. The lowest BCUT2D eigenvalue weighted by atomic mass is 10.1. The fourth-order valence-electron chi connectivity index (χ4n) is 3.39. The first-order valence-electron chi connectivity index (χ1n) is 9.42. The van der Waals surface area contributed by atoms with E-state index in [0.29, 0.717) is 5.69 Å². The van der Waals surface area contributed by atoms with Gasteiger partial charge in [0.2, 0.25) is 10.0 Å². The molecule has 1 aliphatic rings. The summed E-state index contributed by atoms with van der Waals surface area (Å²) in [7, 11) is -3.86. The van der Waals surface area contributed by atoms with E-state index in [1.54, 1.807) is 0 Å². The minimum Gasteiger partial charge on any atom is -0.373 e. The van der Waals surface area contributed by atoms with Gasteiger partial charge >= 0.3 is 0 Å². The van der Waals surface area contributed by atoms with Crippen molar-refractivity contribution in [1.82, 2.24) is 4.31 Å². The van der Waals surface area contributed by atoms with Crippen LogP contribution >= 0.6 is 11.6 Å². The van der Waals surface area contributed by atoms with Crippen LogP contribution in [0.25, 0.3) is 0 Å². The maximum atomic E-state index is 13.2. The summed E-state index contributed by atoms with van der Waals surface area (Å²) in [5, 5.41) is 2.93. The molecule has 8 heteroatoms. The normalized spacial score (nSPS) is 20.4. The van der Waals surface area contributed by atoms with Crippen molar-refractivity contribution in [2.24, 2.45) is 0 Å². The summed E-state index contributed by atoms with van der Waals surface area (Å²) in [5.41, 5.74) is 2.92. The summed E-state index contributed by atoms with van der Waals surface area (Å²) in [5.74, 6) is -0.393. The number of rotatable bonds is 4. The monoisotopic (exact) mass is 436 g/mol. The van der Waals surface area contributed by atoms with E-state index in [0.717, 1.165) is 11.1 Å². The molecule has 2 aromatic carbocycles. The smallest absolute Gasteiger partial charge is 0.255 e. The molecule has 0 radical (unpaired) electrons. The molecule has 0 aromatic heterocycles. The van der Waals surface area contributed by atoms with Crippen molar-refractivity contribution in [3.63, 3.8) is 0 Å². The molecule has 0 bridgehead atoms. The molecule has 29 heavy (non-hydrogen) atoms. The van der Waals surface area contributed by atoms with Gasteiger partial charge in [-0.15, -0.1) is 0 Å². The highest BCUT2D eigenvalue weighted by atomic mass is 35.5. The summed E-state index contributed by atoms with van der Waals surface area (Å²) < 4.78 is 33.4. The Bertz CT molecular complexity index is 1030. The lowest BCUT2D eigenvalue weighted by Crippen LogP contribution is -2.48. The number of ether oxygens (including phenoxy) is 1. The van der Waals surface area contributed by atoms with Crippen LogP contribution in [-0.2, 0) is 14.8 Å². The fourth-order valence-corrected chi connectivity index (χ4v) is 5.48. The quantitative estimate of drug-likeness (QED) is 0.785. The Labute approximate surface area is 176 Å². The van der Waals surface area contributed by atoms with Crippen LogP contribution in [0.5, 0.6) is 0 Å². The Morgan fingerprint density at radius 2 is 1.79 bits per heavy atom. The third-order valence-electron chi connectivity index (χ3n) is 5.05. The summed E-state index contributed by atoms with van der Waals surface area (Å²) in [6, 6.07) is 9.93. The number of sulfonamides is 1. The number of carbonyl (C=O) groups excluding carboxylic acids is 1. The van der Waals surface area contributed by atoms with Gasteiger partial charge in [0.1, 0.15) is 4.90 Å². The third-order valence-corrected chi connectivity index (χ3v) is 7.36. The highest BCUT2D eigenvalue weighted by Gasteiger charge is 2.33. The minimum atomic E-state index is -3.86. The molecule has 156 valence electrons. The van der Waals surface area contributed by atoms with E-state index < -0.39 is 15.9 Å². The van der Waals surface area contributed by atoms with Crippen molar-refractivity contribution in [3.8, 4) is 0 Å². The number of hydrogen-bond donors (Lipinski definition) is 1. The second-order valence-electron chi connectivity index (χ2n) is 7.43. The number of carbonyl (C=O) groups is 1. The van der Waals surface area contributed by atoms with Crippen molar-refractivity contribution in [2.75, 3.05) is 18.4 Å². The van der Waals surface area contributed by atoms with Crippen LogP contribution in [0.2, 0.25) is 5.02 Å². The molecule has 1 saturated heterocycles. The number of nitrogens with one attached hydrogen (secondary N) is 1. The van der Waals surface area contributed by atoms with E-state index in [4.69, 9.17) is 16.3 Å². The Morgan fingerprint density at radius 1 is 1.14 bits per heavy atom. The van der Waals surface area contributed by atoms with Crippen molar-refractivity contribution in [2.45, 2.75) is 44.8 Å². The van der Waals surface area contributed by atoms with E-state index >= 15 is 0 Å². The molecule has 0 aliphatic carbocycles. The fraction of sp³-hybridized carbons (Fsp3) is 0.381. The SMILES string of the molecule is Cc1cccc(NC(=O)c2ccc(Cl)c(S(=O)(=O)N3CC(C)OC(C)C3)c2)c1C. The zero-order valence-corrected chi connectivity index (χ0v) is 18.5. The Balaban J connectivity index is 1.91. The molecule has 1 aliphatic heterocycles. The molecule has 1 heterocycles. The highest BCUT2D eigenvalue weighted by Crippen LogP contribution is 2.28. The molecule has 0 saturated carbocycles. The van der Waals surface area contributed by atoms with Crippen molar-refractivity contribution in [1.29, 1.82) is 0 Å². The molecular formula is C21H25ClN2O4S. The van der Waals surface area contributed by atoms with Crippen LogP contribution in [-0.4, -0.2) is 43.9 Å². The molecule has 1 amide bonds. The summed E-state index contributed by atoms with van der Waals surface area (Å²) in [6.07, 6.45) is -0.439. The predicted molar refractivity (Wildman–Crippen MR) is 114 cm³/mol. The first-order valence-corrected chi connectivity index (χ1v) is 11.2. The van der Waals surface area contributed by atoms with Gasteiger partial charge in [-0.25, -0.2) is 8.42 Å². The number of anilines is 1. The Hall–Kier alpha value is -1.93. The number of amides is 1. The summed E-state index contributed by atoms with van der Waals surface area (Å²) in [6.45, 7) is 8.01. The maximum Gasteiger partial charge on any atom is 0.255 e. The molecule has 3 rings (SSSR count). The largest absolute Gasteiger partial charge is 0.373 e. The van der Waals surface area contributed by atoms with E-state index in [1.165, 1.54) is 22.5 Å². The van der Waals surface area contributed by atoms with Gasteiger partial charge in [0.05, 0.1) is 17.2 Å². The molecule has 2 atom stereocenters. The van der Waals surface area contributed by atoms with Gasteiger partial charge in [0, 0.05) is 24.3 Å². The van der Waals surface area contributed by atoms with Crippen LogP contribution < -0.4 is 5.32 Å². The minimum absolute atomic E-state index is 0.0749. The van der Waals surface area contributed by atoms with Crippen molar-refractivity contribution >= 4 is 33.2 Å². The third kappa shape index (κ3) is 4.64. The lowest BCUT2D eigenvalue weighted by molar-refractivity contribution is -0.0440. The van der Waals surface area contributed by atoms with E-state index in [-0.39, 0.29) is 40.8 Å². The first-order chi connectivity index (χ1) is 13.6. The number of aryl methyl sites for hydroxylation is 1. The Kier molecular flexibility index (Phi) is 6.33. The number of halogens is 1. The number of hydrogen-bond acceptors (Lipinski definition) is 4. The van der Waals surface area contributed by atoms with Crippen LogP contribution in [0.15, 0.2) is 41.3 Å². The van der Waals surface area contributed by atoms with Crippen molar-refractivity contribution in [3.05, 3.63) is 58.1 Å². The van der Waals surface area contributed by atoms with Gasteiger partial charge in [-0.1, -0.05) is 23.7 Å². The van der Waals surface area contributed by atoms with Gasteiger partial charge in [0.15, 0.2) is 0 Å². The molecule has 6 nitrogen and oxygen atoms in total. The lowest BCUT2D eigenvalue weighted by Gasteiger charge is -2.34. The predicted octanol–water partition coefficient (Wildman–Crippen LogP) is 4.01. The van der Waals surface area contributed by atoms with Crippen LogP contribution in [0.3, 0.4) is 0 Å². The number of benzene rings is 2. The Morgan fingerprint density at radius 3 is 2.45 bits per heavy atom. The van der Waals surface area contributed by atoms with Gasteiger partial charge < -0.3 is 10.1 Å². The van der Waals surface area contributed by atoms with Gasteiger partial charge in [0.25, 0.3) is 5.91 Å². The van der Waals surface area contributed by atoms with E-state index in [1.807, 2.05) is 45.9 Å². The van der Waals surface area contributed by atoms with E-state index in [9.17, 15) is 13.2 Å². The second-order valence-corrected chi connectivity index (χ2v) is 9.74. The molecule has 2 aromatic rings.